The van der Waals surface area contributed by atoms with Gasteiger partial charge in [-0.2, -0.15) is 0 Å². The molecule has 0 heterocycles. The third-order valence-corrected chi connectivity index (χ3v) is 7.32. The van der Waals surface area contributed by atoms with Gasteiger partial charge in [-0.1, -0.05) is 60.3 Å². The van der Waals surface area contributed by atoms with Crippen molar-refractivity contribution in [3.8, 4) is 0 Å². The van der Waals surface area contributed by atoms with Gasteiger partial charge in [0.05, 0.1) is 11.7 Å². The first-order chi connectivity index (χ1) is 11.6. The third-order valence-electron chi connectivity index (χ3n) is 6.60. The van der Waals surface area contributed by atoms with Crippen molar-refractivity contribution in [1.29, 1.82) is 0 Å². The van der Waals surface area contributed by atoms with E-state index in [-0.39, 0.29) is 11.5 Å². The molecule has 0 unspecified atom stereocenters. The van der Waals surface area contributed by atoms with E-state index < -0.39 is 5.60 Å². The molecule has 0 aromatic heterocycles. The van der Waals surface area contributed by atoms with Crippen LogP contribution in [0.3, 0.4) is 0 Å². The van der Waals surface area contributed by atoms with E-state index in [1.54, 1.807) is 0 Å². The summed E-state index contributed by atoms with van der Waals surface area (Å²) in [6, 6.07) is 8.45. The zero-order valence-corrected chi connectivity index (χ0v) is 16.6. The summed E-state index contributed by atoms with van der Waals surface area (Å²) in [5.74, 6) is 0.412. The average Bonchev–Trinajstić information content (AvgIpc) is 2.60. The summed E-state index contributed by atoms with van der Waals surface area (Å²) in [7, 11) is 0. The van der Waals surface area contributed by atoms with Gasteiger partial charge in [0.15, 0.2) is 0 Å². The van der Waals surface area contributed by atoms with Crippen LogP contribution in [0.2, 0.25) is 0 Å². The van der Waals surface area contributed by atoms with Crippen LogP contribution in [-0.4, -0.2) is 17.3 Å². The van der Waals surface area contributed by atoms with Crippen LogP contribution >= 0.6 is 15.9 Å². The molecular formula is C21H31BrO2. The molecule has 1 N–H and O–H groups in total. The zero-order chi connectivity index (χ0) is 17.2. The summed E-state index contributed by atoms with van der Waals surface area (Å²) in [4.78, 5) is 0. The molecule has 1 aromatic carbocycles. The minimum atomic E-state index is -0.483. The Labute approximate surface area is 155 Å². The number of aliphatic hydroxyl groups is 1. The van der Waals surface area contributed by atoms with E-state index in [9.17, 15) is 5.11 Å². The van der Waals surface area contributed by atoms with Gasteiger partial charge < -0.3 is 9.84 Å². The molecule has 2 saturated carbocycles. The predicted octanol–water partition coefficient (Wildman–Crippen LogP) is 6.03. The molecular weight excluding hydrogens is 364 g/mol. The van der Waals surface area contributed by atoms with Crippen molar-refractivity contribution in [3.05, 3.63) is 34.3 Å². The van der Waals surface area contributed by atoms with Crippen LogP contribution in [0.5, 0.6) is 0 Å². The van der Waals surface area contributed by atoms with Gasteiger partial charge in [0.1, 0.15) is 0 Å². The predicted molar refractivity (Wildman–Crippen MR) is 102 cm³/mol. The lowest BCUT2D eigenvalue weighted by Crippen LogP contribution is -2.63. The number of benzene rings is 1. The fourth-order valence-corrected chi connectivity index (χ4v) is 5.94. The van der Waals surface area contributed by atoms with Gasteiger partial charge in [0.2, 0.25) is 0 Å². The van der Waals surface area contributed by atoms with Crippen LogP contribution < -0.4 is 0 Å². The van der Waals surface area contributed by atoms with Crippen LogP contribution in [-0.2, 0) is 4.74 Å². The first kappa shape index (κ1) is 18.4. The topological polar surface area (TPSA) is 29.5 Å². The van der Waals surface area contributed by atoms with Crippen LogP contribution in [0.1, 0.15) is 76.9 Å². The number of hydrogen-bond donors (Lipinski definition) is 1. The van der Waals surface area contributed by atoms with Gasteiger partial charge in [0.25, 0.3) is 0 Å². The van der Waals surface area contributed by atoms with Gasteiger partial charge in [0, 0.05) is 16.5 Å². The molecule has 0 amide bonds. The lowest BCUT2D eigenvalue weighted by molar-refractivity contribution is -0.236. The first-order valence-electron chi connectivity index (χ1n) is 9.66. The molecule has 0 saturated heterocycles. The van der Waals surface area contributed by atoms with E-state index in [1.807, 2.05) is 0 Å². The lowest BCUT2D eigenvalue weighted by Gasteiger charge is -2.63. The monoisotopic (exact) mass is 394 g/mol. The fraction of sp³-hybridized carbons (Fsp3) is 0.714. The highest BCUT2D eigenvalue weighted by molar-refractivity contribution is 9.10. The van der Waals surface area contributed by atoms with Crippen LogP contribution in [0, 0.1) is 11.3 Å². The van der Waals surface area contributed by atoms with Gasteiger partial charge >= 0.3 is 0 Å². The molecule has 3 rings (SSSR count). The van der Waals surface area contributed by atoms with E-state index >= 15 is 0 Å². The Kier molecular flexibility index (Phi) is 5.73. The lowest BCUT2D eigenvalue weighted by atomic mass is 9.45. The van der Waals surface area contributed by atoms with Gasteiger partial charge in [-0.3, -0.25) is 0 Å². The normalized spacial score (nSPS) is 34.1. The van der Waals surface area contributed by atoms with Crippen molar-refractivity contribution in [1.82, 2.24) is 0 Å². The smallest absolute Gasteiger partial charge is 0.0870 e. The number of hydrogen-bond acceptors (Lipinski definition) is 2. The Morgan fingerprint density at radius 1 is 1.21 bits per heavy atom. The summed E-state index contributed by atoms with van der Waals surface area (Å²) >= 11 is 3.73. The zero-order valence-electron chi connectivity index (χ0n) is 15.1. The van der Waals surface area contributed by atoms with Crippen molar-refractivity contribution in [2.75, 3.05) is 6.61 Å². The molecule has 0 radical (unpaired) electrons. The molecule has 1 spiro atoms. The largest absolute Gasteiger partial charge is 0.389 e. The summed E-state index contributed by atoms with van der Waals surface area (Å²) < 4.78 is 7.44. The summed E-state index contributed by atoms with van der Waals surface area (Å²) in [5, 5.41) is 11.4. The highest BCUT2D eigenvalue weighted by Crippen LogP contribution is 2.65. The number of rotatable bonds is 6. The van der Waals surface area contributed by atoms with E-state index in [0.717, 1.165) is 43.0 Å². The van der Waals surface area contributed by atoms with E-state index in [4.69, 9.17) is 4.74 Å². The maximum Gasteiger partial charge on any atom is 0.0870 e. The Morgan fingerprint density at radius 2 is 2.00 bits per heavy atom. The van der Waals surface area contributed by atoms with Crippen molar-refractivity contribution >= 4 is 15.9 Å². The average molecular weight is 395 g/mol. The molecule has 4 atom stereocenters. The van der Waals surface area contributed by atoms with Gasteiger partial charge in [-0.05, 0) is 56.6 Å². The highest BCUT2D eigenvalue weighted by Gasteiger charge is 2.63. The van der Waals surface area contributed by atoms with E-state index in [1.165, 1.54) is 18.4 Å². The van der Waals surface area contributed by atoms with Crippen LogP contribution in [0.25, 0.3) is 0 Å². The van der Waals surface area contributed by atoms with E-state index in [0.29, 0.717) is 12.5 Å². The summed E-state index contributed by atoms with van der Waals surface area (Å²) in [6.45, 7) is 4.98. The van der Waals surface area contributed by atoms with Crippen LogP contribution in [0.4, 0.5) is 0 Å². The van der Waals surface area contributed by atoms with Crippen molar-refractivity contribution < 1.29 is 9.84 Å². The third kappa shape index (κ3) is 2.97. The second-order valence-corrected chi connectivity index (χ2v) is 8.54. The van der Waals surface area contributed by atoms with Crippen LogP contribution in [0.15, 0.2) is 28.7 Å². The van der Waals surface area contributed by atoms with E-state index in [2.05, 4.69) is 54.0 Å². The maximum absolute atomic E-state index is 11.4. The second-order valence-electron chi connectivity index (χ2n) is 7.69. The summed E-state index contributed by atoms with van der Waals surface area (Å²) in [6.07, 6.45) is 9.00. The maximum atomic E-state index is 11.4. The number of halogens is 1. The van der Waals surface area contributed by atoms with Crippen molar-refractivity contribution in [3.63, 3.8) is 0 Å². The quantitative estimate of drug-likeness (QED) is 0.637. The molecule has 3 heteroatoms. The first-order valence-corrected chi connectivity index (χ1v) is 10.5. The SMILES string of the molecule is CCC[C@]1(O)CC[C@]12CCCC[C@@H]2[C@H](OCC)c1ccccc1Br. The molecule has 24 heavy (non-hydrogen) atoms. The fourth-order valence-electron chi connectivity index (χ4n) is 5.43. The summed E-state index contributed by atoms with van der Waals surface area (Å²) in [5.41, 5.74) is 0.816. The Morgan fingerprint density at radius 3 is 2.62 bits per heavy atom. The highest BCUT2D eigenvalue weighted by atomic mass is 79.9. The Hall–Kier alpha value is -0.380. The molecule has 2 aliphatic rings. The molecule has 2 fully saturated rings. The second kappa shape index (κ2) is 7.47. The minimum absolute atomic E-state index is 0.0520. The minimum Gasteiger partial charge on any atom is -0.389 e. The molecule has 0 aliphatic heterocycles. The Balaban J connectivity index is 1.97. The molecule has 0 bridgehead atoms. The molecule has 134 valence electrons. The Bertz CT molecular complexity index is 561. The molecule has 1 aromatic rings. The van der Waals surface area contributed by atoms with Gasteiger partial charge in [-0.15, -0.1) is 0 Å². The van der Waals surface area contributed by atoms with Gasteiger partial charge in [-0.25, -0.2) is 0 Å². The molecule has 2 aliphatic carbocycles. The number of ether oxygens (including phenoxy) is 1. The molecule has 2 nitrogen and oxygen atoms in total. The van der Waals surface area contributed by atoms with Crippen molar-refractivity contribution in [2.24, 2.45) is 11.3 Å². The van der Waals surface area contributed by atoms with Crippen molar-refractivity contribution in [2.45, 2.75) is 76.9 Å². The standard InChI is InChI=1S/C21H31BrO2/c1-3-12-21(23)15-14-20(21)13-8-7-10-17(20)19(24-4-2)16-9-5-6-11-18(16)22/h5-6,9,11,17,19,23H,3-4,7-8,10,12-15H2,1-2H3/t17-,19-,20+,21+/m1/s1.